The first-order valence-electron chi connectivity index (χ1n) is 9.12. The number of pyridine rings is 1. The number of imidazole rings is 1. The Bertz CT molecular complexity index is 958. The summed E-state index contributed by atoms with van der Waals surface area (Å²) < 4.78 is 2.02. The molecule has 134 valence electrons. The predicted molar refractivity (Wildman–Crippen MR) is 103 cm³/mol. The van der Waals surface area contributed by atoms with Gasteiger partial charge in [0, 0.05) is 18.3 Å². The van der Waals surface area contributed by atoms with E-state index < -0.39 is 0 Å². The molecule has 0 bridgehead atoms. The van der Waals surface area contributed by atoms with Crippen LogP contribution >= 0.6 is 0 Å². The summed E-state index contributed by atoms with van der Waals surface area (Å²) in [6.45, 7) is 2.04. The zero-order valence-corrected chi connectivity index (χ0v) is 14.8. The Labute approximate surface area is 152 Å². The van der Waals surface area contributed by atoms with Crippen LogP contribution in [0.2, 0.25) is 0 Å². The average molecular weight is 350 g/mol. The third-order valence-electron chi connectivity index (χ3n) is 5.07. The van der Waals surface area contributed by atoms with Crippen LogP contribution in [0.5, 0.6) is 0 Å². The summed E-state index contributed by atoms with van der Waals surface area (Å²) in [5.41, 5.74) is 3.20. The van der Waals surface area contributed by atoms with Crippen molar-refractivity contribution < 1.29 is 4.92 Å². The third-order valence-corrected chi connectivity index (χ3v) is 5.07. The van der Waals surface area contributed by atoms with Crippen molar-refractivity contribution in [3.63, 3.8) is 0 Å². The summed E-state index contributed by atoms with van der Waals surface area (Å²) in [6, 6.07) is 11.2. The number of hydrogen-bond acceptors (Lipinski definition) is 4. The number of aryl methyl sites for hydroxylation is 1. The number of nitrogens with zero attached hydrogens (tertiary/aromatic N) is 3. The van der Waals surface area contributed by atoms with E-state index >= 15 is 0 Å². The monoisotopic (exact) mass is 350 g/mol. The summed E-state index contributed by atoms with van der Waals surface area (Å²) in [5.74, 6) is 0.852. The molecule has 0 unspecified atom stereocenters. The highest BCUT2D eigenvalue weighted by atomic mass is 16.6. The molecule has 0 aliphatic heterocycles. The molecule has 0 amide bonds. The van der Waals surface area contributed by atoms with Gasteiger partial charge in [-0.25, -0.2) is 4.98 Å². The van der Waals surface area contributed by atoms with Gasteiger partial charge in [0.15, 0.2) is 0 Å². The number of para-hydroxylation sites is 1. The summed E-state index contributed by atoms with van der Waals surface area (Å²) >= 11 is 0. The molecular weight excluding hydrogens is 328 g/mol. The highest BCUT2D eigenvalue weighted by Gasteiger charge is 2.24. The summed E-state index contributed by atoms with van der Waals surface area (Å²) in [7, 11) is 0. The first kappa shape index (κ1) is 16.6. The molecule has 3 aromatic rings. The van der Waals surface area contributed by atoms with E-state index in [4.69, 9.17) is 4.98 Å². The molecule has 6 heteroatoms. The Morgan fingerprint density at radius 3 is 2.69 bits per heavy atom. The minimum Gasteiger partial charge on any atom is -0.367 e. The number of anilines is 1. The van der Waals surface area contributed by atoms with Crippen molar-refractivity contribution >= 4 is 17.2 Å². The molecular formula is C20H22N4O2. The van der Waals surface area contributed by atoms with Gasteiger partial charge in [0.05, 0.1) is 10.5 Å². The second-order valence-corrected chi connectivity index (χ2v) is 7.00. The van der Waals surface area contributed by atoms with E-state index in [2.05, 4.69) is 5.32 Å². The van der Waals surface area contributed by atoms with Crippen molar-refractivity contribution in [2.24, 2.45) is 0 Å². The topological polar surface area (TPSA) is 72.5 Å². The van der Waals surface area contributed by atoms with Gasteiger partial charge in [-0.05, 0) is 37.5 Å². The molecule has 4 rings (SSSR count). The summed E-state index contributed by atoms with van der Waals surface area (Å²) in [6.07, 6.45) is 7.99. The lowest BCUT2D eigenvalue weighted by Crippen LogP contribution is -2.23. The minimum atomic E-state index is -0.338. The fourth-order valence-corrected chi connectivity index (χ4v) is 3.75. The molecule has 1 aliphatic carbocycles. The van der Waals surface area contributed by atoms with Gasteiger partial charge in [-0.1, -0.05) is 37.5 Å². The van der Waals surface area contributed by atoms with E-state index in [0.717, 1.165) is 29.9 Å². The molecule has 0 spiro atoms. The lowest BCUT2D eigenvalue weighted by atomic mass is 9.95. The number of nitro groups is 1. The number of hydrogen-bond donors (Lipinski definition) is 1. The highest BCUT2D eigenvalue weighted by molar-refractivity contribution is 5.82. The maximum absolute atomic E-state index is 11.5. The van der Waals surface area contributed by atoms with Gasteiger partial charge >= 0.3 is 0 Å². The SMILES string of the molecule is Cc1ccc2nc(-c3ccccc3[N+](=O)[O-])c(NC3CCCCC3)n2c1. The fourth-order valence-electron chi connectivity index (χ4n) is 3.75. The van der Waals surface area contributed by atoms with Crippen LogP contribution in [0.3, 0.4) is 0 Å². The van der Waals surface area contributed by atoms with Crippen molar-refractivity contribution in [1.29, 1.82) is 0 Å². The van der Waals surface area contributed by atoms with Gasteiger partial charge in [-0.15, -0.1) is 0 Å². The van der Waals surface area contributed by atoms with Crippen LogP contribution in [-0.4, -0.2) is 20.3 Å². The molecule has 1 aliphatic rings. The fraction of sp³-hybridized carbons (Fsp3) is 0.350. The number of aromatic nitrogens is 2. The second-order valence-electron chi connectivity index (χ2n) is 7.00. The van der Waals surface area contributed by atoms with Crippen LogP contribution < -0.4 is 5.32 Å². The Hall–Kier alpha value is -2.89. The number of benzene rings is 1. The molecule has 6 nitrogen and oxygen atoms in total. The van der Waals surface area contributed by atoms with E-state index in [1.54, 1.807) is 12.1 Å². The van der Waals surface area contributed by atoms with Crippen molar-refractivity contribution in [3.8, 4) is 11.3 Å². The van der Waals surface area contributed by atoms with Crippen LogP contribution in [0.1, 0.15) is 37.7 Å². The zero-order chi connectivity index (χ0) is 18.1. The first-order chi connectivity index (χ1) is 12.6. The minimum absolute atomic E-state index is 0.0827. The second kappa shape index (κ2) is 6.78. The lowest BCUT2D eigenvalue weighted by Gasteiger charge is -2.24. The van der Waals surface area contributed by atoms with Crippen LogP contribution in [-0.2, 0) is 0 Å². The van der Waals surface area contributed by atoms with Gasteiger partial charge in [0.1, 0.15) is 17.2 Å². The standard InChI is InChI=1S/C20H22N4O2/c1-14-11-12-18-22-19(16-9-5-6-10-17(16)24(25)26)20(23(18)13-14)21-15-7-3-2-4-8-15/h5-6,9-13,15,21H,2-4,7-8H2,1H3. The first-order valence-corrected chi connectivity index (χ1v) is 9.12. The van der Waals surface area contributed by atoms with Gasteiger partial charge in [0.2, 0.25) is 0 Å². The number of rotatable bonds is 4. The van der Waals surface area contributed by atoms with Crippen molar-refractivity contribution in [3.05, 3.63) is 58.3 Å². The normalized spacial score (nSPS) is 15.3. The Kier molecular flexibility index (Phi) is 4.32. The van der Waals surface area contributed by atoms with E-state index in [1.165, 1.54) is 25.3 Å². The van der Waals surface area contributed by atoms with E-state index in [-0.39, 0.29) is 10.6 Å². The van der Waals surface area contributed by atoms with Gasteiger partial charge in [-0.2, -0.15) is 0 Å². The molecule has 0 radical (unpaired) electrons. The molecule has 1 fully saturated rings. The van der Waals surface area contributed by atoms with E-state index in [1.807, 2.05) is 35.7 Å². The molecule has 1 N–H and O–H groups in total. The molecule has 2 heterocycles. The maximum Gasteiger partial charge on any atom is 0.278 e. The molecule has 26 heavy (non-hydrogen) atoms. The molecule has 0 atom stereocenters. The Morgan fingerprint density at radius 2 is 1.92 bits per heavy atom. The molecule has 2 aromatic heterocycles. The van der Waals surface area contributed by atoms with Gasteiger partial charge in [-0.3, -0.25) is 14.5 Å². The highest BCUT2D eigenvalue weighted by Crippen LogP contribution is 2.36. The van der Waals surface area contributed by atoms with Gasteiger partial charge in [0.25, 0.3) is 5.69 Å². The quantitative estimate of drug-likeness (QED) is 0.533. The third kappa shape index (κ3) is 3.03. The number of nitrogens with one attached hydrogen (secondary N) is 1. The smallest absolute Gasteiger partial charge is 0.278 e. The van der Waals surface area contributed by atoms with Gasteiger partial charge < -0.3 is 5.32 Å². The maximum atomic E-state index is 11.5. The number of nitro benzene ring substituents is 1. The lowest BCUT2D eigenvalue weighted by molar-refractivity contribution is -0.384. The zero-order valence-electron chi connectivity index (χ0n) is 14.8. The van der Waals surface area contributed by atoms with Crippen molar-refractivity contribution in [2.45, 2.75) is 45.1 Å². The average Bonchev–Trinajstić information content (AvgIpc) is 3.00. The Morgan fingerprint density at radius 1 is 1.15 bits per heavy atom. The van der Waals surface area contributed by atoms with Crippen molar-refractivity contribution in [2.75, 3.05) is 5.32 Å². The largest absolute Gasteiger partial charge is 0.367 e. The Balaban J connectivity index is 1.88. The number of fused-ring (bicyclic) bond motifs is 1. The molecule has 1 aromatic carbocycles. The van der Waals surface area contributed by atoms with E-state index in [0.29, 0.717) is 17.3 Å². The van der Waals surface area contributed by atoms with Crippen LogP contribution in [0.4, 0.5) is 11.5 Å². The van der Waals surface area contributed by atoms with E-state index in [9.17, 15) is 10.1 Å². The van der Waals surface area contributed by atoms with Crippen molar-refractivity contribution in [1.82, 2.24) is 9.38 Å². The summed E-state index contributed by atoms with van der Waals surface area (Å²) in [4.78, 5) is 15.9. The molecule has 0 saturated heterocycles. The van der Waals surface area contributed by atoms with Crippen LogP contribution in [0.15, 0.2) is 42.6 Å². The predicted octanol–water partition coefficient (Wildman–Crippen LogP) is 4.96. The molecule has 1 saturated carbocycles. The van der Waals surface area contributed by atoms with Crippen LogP contribution in [0, 0.1) is 17.0 Å². The summed E-state index contributed by atoms with van der Waals surface area (Å²) in [5, 5.41) is 15.2. The van der Waals surface area contributed by atoms with Crippen LogP contribution in [0.25, 0.3) is 16.9 Å².